The molecule has 2 rings (SSSR count). The monoisotopic (exact) mass is 655 g/mol. The molecular weight excluding hydrogens is 607 g/mol. The molecule has 0 amide bonds. The number of esters is 2. The van der Waals surface area contributed by atoms with Gasteiger partial charge in [-0.25, -0.2) is 0 Å². The molecule has 2 aromatic rings. The van der Waals surface area contributed by atoms with Crippen LogP contribution in [0.15, 0.2) is 30.3 Å². The van der Waals surface area contributed by atoms with Gasteiger partial charge in [0.1, 0.15) is 0 Å². The summed E-state index contributed by atoms with van der Waals surface area (Å²) < 4.78 is 72.9. The SMILES string of the molecule is CCCCCCCC(=O)Oc1ccc(CC[n+]2c(C)cc(C)cc2C)cc1OC(=O)CCCCCCC.F[P-](F)(F)(F)(F)F. The number of hydrogen-bond donors (Lipinski definition) is 0. The van der Waals surface area contributed by atoms with Gasteiger partial charge in [-0.2, -0.15) is 4.57 Å². The summed E-state index contributed by atoms with van der Waals surface area (Å²) in [5.74, 6) is 0.127. The summed E-state index contributed by atoms with van der Waals surface area (Å²) in [6.07, 6.45) is 12.2. The number of ether oxygens (including phenoxy) is 2. The van der Waals surface area contributed by atoms with Crippen molar-refractivity contribution in [3.8, 4) is 11.5 Å². The molecule has 0 radical (unpaired) electrons. The summed E-state index contributed by atoms with van der Waals surface area (Å²) in [4.78, 5) is 25.1. The van der Waals surface area contributed by atoms with Crippen molar-refractivity contribution in [1.29, 1.82) is 0 Å². The first kappa shape index (κ1) is 39.3. The maximum atomic E-state index is 12.6. The number of hydrogen-bond acceptors (Lipinski definition) is 4. The van der Waals surface area contributed by atoms with Gasteiger partial charge in [0, 0.05) is 45.2 Å². The summed E-state index contributed by atoms with van der Waals surface area (Å²) in [7, 11) is -10.7. The molecule has 44 heavy (non-hydrogen) atoms. The van der Waals surface area contributed by atoms with E-state index in [4.69, 9.17) is 9.47 Å². The predicted octanol–water partition coefficient (Wildman–Crippen LogP) is 11.1. The van der Waals surface area contributed by atoms with Gasteiger partial charge in [0.25, 0.3) is 0 Å². The fourth-order valence-electron chi connectivity index (χ4n) is 4.69. The molecule has 0 fully saturated rings. The second kappa shape index (κ2) is 17.1. The number of unbranched alkanes of at least 4 members (excludes halogenated alkanes) is 8. The van der Waals surface area contributed by atoms with E-state index in [1.807, 2.05) is 12.1 Å². The number of pyridine rings is 1. The Morgan fingerprint density at radius 2 is 1.09 bits per heavy atom. The van der Waals surface area contributed by atoms with Gasteiger partial charge in [0.15, 0.2) is 29.4 Å². The fourth-order valence-corrected chi connectivity index (χ4v) is 4.69. The summed E-state index contributed by atoms with van der Waals surface area (Å²) in [6.45, 7) is 11.5. The zero-order valence-corrected chi connectivity index (χ0v) is 27.5. The van der Waals surface area contributed by atoms with Crippen LogP contribution < -0.4 is 14.0 Å². The first-order valence-corrected chi connectivity index (χ1v) is 17.4. The quantitative estimate of drug-likeness (QED) is 0.0425. The summed E-state index contributed by atoms with van der Waals surface area (Å²) in [5.41, 5.74) is 4.73. The van der Waals surface area contributed by atoms with Gasteiger partial charge in [-0.3, -0.25) is 9.59 Å². The first-order chi connectivity index (χ1) is 20.3. The van der Waals surface area contributed by atoms with Crippen molar-refractivity contribution < 1.29 is 48.8 Å². The average molecular weight is 656 g/mol. The van der Waals surface area contributed by atoms with Gasteiger partial charge in [-0.1, -0.05) is 71.3 Å². The standard InChI is InChI=1S/C32H48NO4.F6P/c1-6-8-10-12-14-16-31(34)36-29-19-18-28(20-21-33-26(4)22-25(3)23-27(33)5)24-30(29)37-32(35)17-15-13-11-9-7-2;1-7(2,3,4,5)6/h18-19,22-24H,6-17,20-21H2,1-5H3;/q+1;-1. The van der Waals surface area contributed by atoms with E-state index < -0.39 is 7.81 Å². The molecule has 0 saturated heterocycles. The molecule has 1 aromatic carbocycles. The van der Waals surface area contributed by atoms with Crippen LogP contribution in [0.2, 0.25) is 0 Å². The Morgan fingerprint density at radius 3 is 1.55 bits per heavy atom. The molecule has 0 unspecified atom stereocenters. The number of carbonyl (C=O) groups excluding carboxylic acids is 2. The van der Waals surface area contributed by atoms with E-state index >= 15 is 0 Å². The van der Waals surface area contributed by atoms with Crippen LogP contribution in [0.25, 0.3) is 0 Å². The number of halogens is 6. The summed E-state index contributed by atoms with van der Waals surface area (Å²) in [6, 6.07) is 9.97. The van der Waals surface area contributed by atoms with Crippen molar-refractivity contribution in [3.63, 3.8) is 0 Å². The topological polar surface area (TPSA) is 56.5 Å². The second-order valence-electron chi connectivity index (χ2n) is 11.2. The third-order valence-corrected chi connectivity index (χ3v) is 6.77. The van der Waals surface area contributed by atoms with Crippen molar-refractivity contribution in [2.75, 3.05) is 0 Å². The van der Waals surface area contributed by atoms with Crippen LogP contribution in [0.1, 0.15) is 113 Å². The van der Waals surface area contributed by atoms with Gasteiger partial charge >= 0.3 is 44.9 Å². The van der Waals surface area contributed by atoms with Gasteiger partial charge in [-0.05, 0) is 43.0 Å². The van der Waals surface area contributed by atoms with Crippen LogP contribution in [0.4, 0.5) is 25.2 Å². The van der Waals surface area contributed by atoms with E-state index in [0.29, 0.717) is 24.3 Å². The molecule has 5 nitrogen and oxygen atoms in total. The predicted molar refractivity (Wildman–Crippen MR) is 163 cm³/mol. The van der Waals surface area contributed by atoms with Gasteiger partial charge in [0.05, 0.1) is 0 Å². The molecular formula is C32H48F6NO4P. The third-order valence-electron chi connectivity index (χ3n) is 6.77. The molecule has 0 aliphatic rings. The zero-order chi connectivity index (χ0) is 33.5. The normalized spacial score (nSPS) is 12.9. The Labute approximate surface area is 257 Å². The minimum atomic E-state index is -10.7. The van der Waals surface area contributed by atoms with Gasteiger partial charge in [0.2, 0.25) is 0 Å². The Bertz CT molecular complexity index is 1190. The molecule has 252 valence electrons. The van der Waals surface area contributed by atoms with Crippen molar-refractivity contribution >= 4 is 19.7 Å². The summed E-state index contributed by atoms with van der Waals surface area (Å²) >= 11 is 0. The molecule has 12 heteroatoms. The molecule has 0 aliphatic heterocycles. The van der Waals surface area contributed by atoms with Crippen molar-refractivity contribution in [2.45, 2.75) is 125 Å². The van der Waals surface area contributed by atoms with E-state index in [0.717, 1.165) is 57.1 Å². The molecule has 1 aromatic heterocycles. The van der Waals surface area contributed by atoms with Crippen LogP contribution >= 0.6 is 7.81 Å². The maximum absolute atomic E-state index is 12.6. The number of aryl methyl sites for hydroxylation is 4. The van der Waals surface area contributed by atoms with Gasteiger partial charge < -0.3 is 9.47 Å². The molecule has 0 atom stereocenters. The van der Waals surface area contributed by atoms with E-state index in [9.17, 15) is 34.8 Å². The first-order valence-electron chi connectivity index (χ1n) is 15.4. The Morgan fingerprint density at radius 1 is 0.659 bits per heavy atom. The molecule has 0 spiro atoms. The number of benzene rings is 1. The number of aromatic nitrogens is 1. The molecule has 0 bridgehead atoms. The van der Waals surface area contributed by atoms with Gasteiger partial charge in [-0.15, -0.1) is 0 Å². The minimum absolute atomic E-state index is 0.273. The van der Waals surface area contributed by atoms with E-state index in [2.05, 4.69) is 51.3 Å². The number of nitrogens with zero attached hydrogens (tertiary/aromatic N) is 1. The van der Waals surface area contributed by atoms with E-state index in [1.54, 1.807) is 6.07 Å². The van der Waals surface area contributed by atoms with Crippen molar-refractivity contribution in [1.82, 2.24) is 0 Å². The number of carbonyl (C=O) groups is 2. The Hall–Kier alpha value is -2.68. The fraction of sp³-hybridized carbons (Fsp3) is 0.594. The molecule has 0 N–H and O–H groups in total. The molecule has 0 saturated carbocycles. The van der Waals surface area contributed by atoms with Crippen molar-refractivity contribution in [3.05, 3.63) is 52.8 Å². The molecule has 1 heterocycles. The van der Waals surface area contributed by atoms with Crippen molar-refractivity contribution in [2.24, 2.45) is 0 Å². The van der Waals surface area contributed by atoms with Crippen LogP contribution in [0.5, 0.6) is 11.5 Å². The Kier molecular flexibility index (Phi) is 15.3. The second-order valence-corrected chi connectivity index (χ2v) is 13.1. The average Bonchev–Trinajstić information content (AvgIpc) is 2.87. The zero-order valence-electron chi connectivity index (χ0n) is 26.6. The van der Waals surface area contributed by atoms with Crippen LogP contribution in [0.3, 0.4) is 0 Å². The van der Waals surface area contributed by atoms with Crippen LogP contribution in [-0.2, 0) is 22.6 Å². The third kappa shape index (κ3) is 20.3. The molecule has 0 aliphatic carbocycles. The Balaban J connectivity index is 0.00000123. The van der Waals surface area contributed by atoms with Crippen LogP contribution in [0, 0.1) is 20.8 Å². The number of rotatable bonds is 17. The van der Waals surface area contributed by atoms with E-state index in [-0.39, 0.29) is 11.9 Å². The van der Waals surface area contributed by atoms with E-state index in [1.165, 1.54) is 42.6 Å². The summed E-state index contributed by atoms with van der Waals surface area (Å²) in [5, 5.41) is 0. The van der Waals surface area contributed by atoms with Crippen LogP contribution in [-0.4, -0.2) is 11.9 Å².